The minimum absolute atomic E-state index is 0.391. The first-order chi connectivity index (χ1) is 9.15. The van der Waals surface area contributed by atoms with Crippen LogP contribution in [-0.2, 0) is 6.54 Å². The monoisotopic (exact) mass is 264 g/mol. The summed E-state index contributed by atoms with van der Waals surface area (Å²) in [7, 11) is 0. The molecule has 1 aromatic heterocycles. The summed E-state index contributed by atoms with van der Waals surface area (Å²) in [6.07, 6.45) is 8.77. The first kappa shape index (κ1) is 14.1. The summed E-state index contributed by atoms with van der Waals surface area (Å²) in [5.74, 6) is 1.23. The van der Waals surface area contributed by atoms with Gasteiger partial charge in [-0.05, 0) is 24.7 Å². The van der Waals surface area contributed by atoms with Crippen LogP contribution >= 0.6 is 0 Å². The first-order valence-electron chi connectivity index (χ1n) is 7.10. The van der Waals surface area contributed by atoms with E-state index in [0.29, 0.717) is 37.1 Å². The maximum Gasteiger partial charge on any atom is 0.393 e. The highest BCUT2D eigenvalue weighted by Gasteiger charge is 2.19. The van der Waals surface area contributed by atoms with Gasteiger partial charge in [0, 0.05) is 12.6 Å². The Morgan fingerprint density at radius 3 is 2.95 bits per heavy atom. The SMILES string of the molecule is CC(C)NCc1coc(OCC2CC=CCC2C)n1. The van der Waals surface area contributed by atoms with Crippen LogP contribution in [0.25, 0.3) is 0 Å². The number of nitrogens with one attached hydrogen (secondary N) is 1. The Kier molecular flexibility index (Phi) is 5.02. The molecule has 2 unspecified atom stereocenters. The van der Waals surface area contributed by atoms with Crippen molar-refractivity contribution in [3.63, 3.8) is 0 Å². The van der Waals surface area contributed by atoms with Gasteiger partial charge in [-0.3, -0.25) is 0 Å². The zero-order chi connectivity index (χ0) is 13.7. The standard InChI is InChI=1S/C15H24N2O2/c1-11(2)16-8-14-10-19-15(17-14)18-9-13-7-5-4-6-12(13)3/h4-5,10-13,16H,6-9H2,1-3H3. The van der Waals surface area contributed by atoms with Gasteiger partial charge < -0.3 is 14.5 Å². The van der Waals surface area contributed by atoms with Gasteiger partial charge in [-0.15, -0.1) is 0 Å². The number of aromatic nitrogens is 1. The lowest BCUT2D eigenvalue weighted by Gasteiger charge is -2.24. The van der Waals surface area contributed by atoms with Crippen molar-refractivity contribution in [2.45, 2.75) is 46.2 Å². The molecule has 0 saturated carbocycles. The lowest BCUT2D eigenvalue weighted by Crippen LogP contribution is -2.22. The summed E-state index contributed by atoms with van der Waals surface area (Å²) >= 11 is 0. The molecule has 0 radical (unpaired) electrons. The molecular weight excluding hydrogens is 240 g/mol. The van der Waals surface area contributed by atoms with Gasteiger partial charge in [0.15, 0.2) is 0 Å². The fourth-order valence-corrected chi connectivity index (χ4v) is 2.16. The van der Waals surface area contributed by atoms with E-state index in [9.17, 15) is 0 Å². The van der Waals surface area contributed by atoms with E-state index in [2.05, 4.69) is 43.2 Å². The Labute approximate surface area is 115 Å². The third-order valence-electron chi connectivity index (χ3n) is 3.56. The normalized spacial score (nSPS) is 22.9. The smallest absolute Gasteiger partial charge is 0.393 e. The molecule has 19 heavy (non-hydrogen) atoms. The van der Waals surface area contributed by atoms with Crippen LogP contribution in [0.5, 0.6) is 6.08 Å². The third-order valence-corrected chi connectivity index (χ3v) is 3.56. The van der Waals surface area contributed by atoms with E-state index in [1.165, 1.54) is 0 Å². The van der Waals surface area contributed by atoms with Crippen molar-refractivity contribution in [3.05, 3.63) is 24.1 Å². The fraction of sp³-hybridized carbons (Fsp3) is 0.667. The van der Waals surface area contributed by atoms with Crippen molar-refractivity contribution in [2.75, 3.05) is 6.61 Å². The second kappa shape index (κ2) is 6.75. The molecule has 2 rings (SSSR count). The molecule has 0 aliphatic heterocycles. The molecule has 106 valence electrons. The summed E-state index contributed by atoms with van der Waals surface area (Å²) in [6, 6.07) is 0.441. The zero-order valence-electron chi connectivity index (χ0n) is 12.1. The van der Waals surface area contributed by atoms with Gasteiger partial charge in [0.25, 0.3) is 0 Å². The Morgan fingerprint density at radius 2 is 2.21 bits per heavy atom. The zero-order valence-corrected chi connectivity index (χ0v) is 12.1. The molecule has 0 saturated heterocycles. The second-order valence-corrected chi connectivity index (χ2v) is 5.63. The van der Waals surface area contributed by atoms with Crippen LogP contribution in [0.15, 0.2) is 22.8 Å². The Balaban J connectivity index is 1.78. The lowest BCUT2D eigenvalue weighted by atomic mass is 9.85. The highest BCUT2D eigenvalue weighted by molar-refractivity contribution is 5.00. The quantitative estimate of drug-likeness (QED) is 0.802. The Hall–Kier alpha value is -1.29. The summed E-state index contributed by atoms with van der Waals surface area (Å²) in [6.45, 7) is 7.88. The van der Waals surface area contributed by atoms with Crippen LogP contribution < -0.4 is 10.1 Å². The van der Waals surface area contributed by atoms with Gasteiger partial charge in [0.1, 0.15) is 6.26 Å². The fourth-order valence-electron chi connectivity index (χ4n) is 2.16. The van der Waals surface area contributed by atoms with E-state index in [4.69, 9.17) is 9.15 Å². The molecular formula is C15H24N2O2. The van der Waals surface area contributed by atoms with Crippen molar-refractivity contribution in [2.24, 2.45) is 11.8 Å². The molecule has 0 fully saturated rings. The summed E-state index contributed by atoms with van der Waals surface area (Å²) in [5, 5.41) is 3.30. The Morgan fingerprint density at radius 1 is 1.42 bits per heavy atom. The van der Waals surface area contributed by atoms with E-state index in [0.717, 1.165) is 18.5 Å². The number of ether oxygens (including phenoxy) is 1. The van der Waals surface area contributed by atoms with Gasteiger partial charge in [0.2, 0.25) is 0 Å². The van der Waals surface area contributed by atoms with Crippen molar-refractivity contribution in [1.29, 1.82) is 0 Å². The predicted octanol–water partition coefficient (Wildman–Crippen LogP) is 3.15. The summed E-state index contributed by atoms with van der Waals surface area (Å²) in [4.78, 5) is 4.32. The molecule has 0 bridgehead atoms. The molecule has 0 amide bonds. The number of hydrogen-bond donors (Lipinski definition) is 1. The molecule has 1 heterocycles. The van der Waals surface area contributed by atoms with Crippen LogP contribution in [-0.4, -0.2) is 17.6 Å². The molecule has 4 heteroatoms. The van der Waals surface area contributed by atoms with Crippen molar-refractivity contribution in [3.8, 4) is 6.08 Å². The molecule has 1 aliphatic carbocycles. The molecule has 4 nitrogen and oxygen atoms in total. The van der Waals surface area contributed by atoms with Crippen LogP contribution in [0.2, 0.25) is 0 Å². The van der Waals surface area contributed by atoms with Crippen molar-refractivity contribution in [1.82, 2.24) is 10.3 Å². The van der Waals surface area contributed by atoms with E-state index in [1.54, 1.807) is 6.26 Å². The van der Waals surface area contributed by atoms with Gasteiger partial charge in [-0.25, -0.2) is 0 Å². The van der Waals surface area contributed by atoms with Crippen molar-refractivity contribution >= 4 is 0 Å². The van der Waals surface area contributed by atoms with Crippen LogP contribution in [0.3, 0.4) is 0 Å². The van der Waals surface area contributed by atoms with E-state index < -0.39 is 0 Å². The van der Waals surface area contributed by atoms with E-state index >= 15 is 0 Å². The van der Waals surface area contributed by atoms with Crippen LogP contribution in [0.4, 0.5) is 0 Å². The average molecular weight is 264 g/mol. The maximum absolute atomic E-state index is 5.66. The number of hydrogen-bond acceptors (Lipinski definition) is 4. The number of nitrogens with zero attached hydrogens (tertiary/aromatic N) is 1. The third kappa shape index (κ3) is 4.39. The van der Waals surface area contributed by atoms with Crippen LogP contribution in [0.1, 0.15) is 39.3 Å². The summed E-state index contributed by atoms with van der Waals surface area (Å²) in [5.41, 5.74) is 0.889. The molecule has 1 aliphatic rings. The lowest BCUT2D eigenvalue weighted by molar-refractivity contribution is 0.157. The molecule has 0 aromatic carbocycles. The highest BCUT2D eigenvalue weighted by Crippen LogP contribution is 2.25. The number of oxazole rings is 1. The average Bonchev–Trinajstić information content (AvgIpc) is 2.83. The van der Waals surface area contributed by atoms with Gasteiger partial charge >= 0.3 is 6.08 Å². The largest absolute Gasteiger partial charge is 0.450 e. The van der Waals surface area contributed by atoms with Gasteiger partial charge in [-0.2, -0.15) is 4.98 Å². The summed E-state index contributed by atoms with van der Waals surface area (Å²) < 4.78 is 11.0. The van der Waals surface area contributed by atoms with E-state index in [1.807, 2.05) is 0 Å². The van der Waals surface area contributed by atoms with Crippen LogP contribution in [0, 0.1) is 11.8 Å². The maximum atomic E-state index is 5.66. The van der Waals surface area contributed by atoms with Gasteiger partial charge in [0.05, 0.1) is 12.3 Å². The number of allylic oxidation sites excluding steroid dienone is 2. The minimum Gasteiger partial charge on any atom is -0.450 e. The second-order valence-electron chi connectivity index (χ2n) is 5.63. The topological polar surface area (TPSA) is 47.3 Å². The number of rotatable bonds is 6. The molecule has 1 aromatic rings. The molecule has 0 spiro atoms. The molecule has 1 N–H and O–H groups in total. The Bertz CT molecular complexity index is 412. The predicted molar refractivity (Wildman–Crippen MR) is 75.0 cm³/mol. The van der Waals surface area contributed by atoms with Gasteiger partial charge in [-0.1, -0.05) is 32.9 Å². The minimum atomic E-state index is 0.391. The van der Waals surface area contributed by atoms with E-state index in [-0.39, 0.29) is 0 Å². The highest BCUT2D eigenvalue weighted by atomic mass is 16.6. The first-order valence-corrected chi connectivity index (χ1v) is 7.10. The van der Waals surface area contributed by atoms with Crippen molar-refractivity contribution < 1.29 is 9.15 Å². The molecule has 2 atom stereocenters.